The van der Waals surface area contributed by atoms with Crippen molar-refractivity contribution in [3.63, 3.8) is 0 Å². The highest BCUT2D eigenvalue weighted by atomic mass is 79.9. The largest absolute Gasteiger partial charge is 0.497 e. The Bertz CT molecular complexity index is 326. The van der Waals surface area contributed by atoms with Gasteiger partial charge in [0.15, 0.2) is 0 Å². The Morgan fingerprint density at radius 1 is 1.38 bits per heavy atom. The molecule has 16 heavy (non-hydrogen) atoms. The SMILES string of the molecule is COc1ccc(Br)c(CCNCC(C)C)c1. The van der Waals surface area contributed by atoms with Gasteiger partial charge in [-0.25, -0.2) is 0 Å². The lowest BCUT2D eigenvalue weighted by atomic mass is 10.1. The number of methoxy groups -OCH3 is 1. The Kier molecular flexibility index (Phi) is 5.85. The maximum Gasteiger partial charge on any atom is 0.119 e. The Balaban J connectivity index is 2.46. The third kappa shape index (κ3) is 4.54. The van der Waals surface area contributed by atoms with Crippen molar-refractivity contribution in [1.82, 2.24) is 5.32 Å². The molecule has 0 spiro atoms. The molecule has 1 rings (SSSR count). The van der Waals surface area contributed by atoms with E-state index in [0.717, 1.165) is 29.7 Å². The molecule has 0 unspecified atom stereocenters. The van der Waals surface area contributed by atoms with Gasteiger partial charge in [0.25, 0.3) is 0 Å². The van der Waals surface area contributed by atoms with Gasteiger partial charge in [-0.05, 0) is 49.2 Å². The molecular weight excluding hydrogens is 266 g/mol. The first-order valence-corrected chi connectivity index (χ1v) is 6.46. The number of ether oxygens (including phenoxy) is 1. The van der Waals surface area contributed by atoms with Crippen molar-refractivity contribution in [2.24, 2.45) is 5.92 Å². The van der Waals surface area contributed by atoms with E-state index < -0.39 is 0 Å². The lowest BCUT2D eigenvalue weighted by molar-refractivity contribution is 0.414. The molecule has 1 aromatic rings. The van der Waals surface area contributed by atoms with Crippen LogP contribution in [-0.4, -0.2) is 20.2 Å². The highest BCUT2D eigenvalue weighted by Crippen LogP contribution is 2.22. The van der Waals surface area contributed by atoms with E-state index in [9.17, 15) is 0 Å². The third-order valence-electron chi connectivity index (χ3n) is 2.38. The molecule has 0 fully saturated rings. The predicted octanol–water partition coefficient (Wildman–Crippen LogP) is 3.25. The van der Waals surface area contributed by atoms with Crippen LogP contribution in [0.4, 0.5) is 0 Å². The van der Waals surface area contributed by atoms with Gasteiger partial charge < -0.3 is 10.1 Å². The first-order valence-electron chi connectivity index (χ1n) is 5.66. The molecular formula is C13H20BrNO. The molecule has 0 aliphatic rings. The molecule has 0 aromatic heterocycles. The fraction of sp³-hybridized carbons (Fsp3) is 0.538. The van der Waals surface area contributed by atoms with E-state index in [1.807, 2.05) is 12.1 Å². The van der Waals surface area contributed by atoms with E-state index in [1.54, 1.807) is 7.11 Å². The zero-order chi connectivity index (χ0) is 12.0. The molecule has 0 saturated heterocycles. The van der Waals surface area contributed by atoms with Crippen LogP contribution in [0.5, 0.6) is 5.75 Å². The summed E-state index contributed by atoms with van der Waals surface area (Å²) in [6.07, 6.45) is 1.02. The van der Waals surface area contributed by atoms with E-state index >= 15 is 0 Å². The van der Waals surface area contributed by atoms with Crippen molar-refractivity contribution in [2.45, 2.75) is 20.3 Å². The first kappa shape index (κ1) is 13.5. The van der Waals surface area contributed by atoms with Crippen LogP contribution >= 0.6 is 15.9 Å². The maximum absolute atomic E-state index is 5.21. The standard InChI is InChI=1S/C13H20BrNO/c1-10(2)9-15-7-6-11-8-12(16-3)4-5-13(11)14/h4-5,8,10,15H,6-7,9H2,1-3H3. The Morgan fingerprint density at radius 3 is 2.75 bits per heavy atom. The lowest BCUT2D eigenvalue weighted by Crippen LogP contribution is -2.22. The number of hydrogen-bond donors (Lipinski definition) is 1. The number of nitrogens with one attached hydrogen (secondary N) is 1. The van der Waals surface area contributed by atoms with Crippen molar-refractivity contribution in [3.8, 4) is 5.75 Å². The molecule has 0 atom stereocenters. The highest BCUT2D eigenvalue weighted by Gasteiger charge is 2.02. The zero-order valence-corrected chi connectivity index (χ0v) is 11.8. The van der Waals surface area contributed by atoms with Crippen molar-refractivity contribution in [2.75, 3.05) is 20.2 Å². The summed E-state index contributed by atoms with van der Waals surface area (Å²) in [6.45, 7) is 6.51. The highest BCUT2D eigenvalue weighted by molar-refractivity contribution is 9.10. The van der Waals surface area contributed by atoms with Crippen LogP contribution in [0.3, 0.4) is 0 Å². The molecule has 0 saturated carbocycles. The van der Waals surface area contributed by atoms with Gasteiger partial charge in [0, 0.05) is 4.47 Å². The van der Waals surface area contributed by atoms with Gasteiger partial charge >= 0.3 is 0 Å². The van der Waals surface area contributed by atoms with Crippen molar-refractivity contribution >= 4 is 15.9 Å². The summed E-state index contributed by atoms with van der Waals surface area (Å²) >= 11 is 3.56. The zero-order valence-electron chi connectivity index (χ0n) is 10.2. The number of rotatable bonds is 6. The van der Waals surface area contributed by atoms with Crippen molar-refractivity contribution < 1.29 is 4.74 Å². The molecule has 90 valence electrons. The van der Waals surface area contributed by atoms with Gasteiger partial charge in [-0.1, -0.05) is 29.8 Å². The average molecular weight is 286 g/mol. The fourth-order valence-corrected chi connectivity index (χ4v) is 1.93. The van der Waals surface area contributed by atoms with Gasteiger partial charge in [0.1, 0.15) is 5.75 Å². The topological polar surface area (TPSA) is 21.3 Å². The summed E-state index contributed by atoms with van der Waals surface area (Å²) in [5, 5.41) is 3.44. The van der Waals surface area contributed by atoms with Gasteiger partial charge in [0.2, 0.25) is 0 Å². The molecule has 0 heterocycles. The minimum Gasteiger partial charge on any atom is -0.497 e. The van der Waals surface area contributed by atoms with Crippen LogP contribution in [0, 0.1) is 5.92 Å². The minimum atomic E-state index is 0.703. The summed E-state index contributed by atoms with van der Waals surface area (Å²) in [4.78, 5) is 0. The van der Waals surface area contributed by atoms with E-state index in [4.69, 9.17) is 4.74 Å². The first-order chi connectivity index (χ1) is 7.63. The van der Waals surface area contributed by atoms with E-state index in [1.165, 1.54) is 5.56 Å². The summed E-state index contributed by atoms with van der Waals surface area (Å²) in [5.74, 6) is 1.62. The molecule has 0 amide bonds. The molecule has 0 bridgehead atoms. The van der Waals surface area contributed by atoms with Gasteiger partial charge in [0.05, 0.1) is 7.11 Å². The summed E-state index contributed by atoms with van der Waals surface area (Å²) < 4.78 is 6.37. The molecule has 1 N–H and O–H groups in total. The Labute approximate surface area is 107 Å². The number of hydrogen-bond acceptors (Lipinski definition) is 2. The summed E-state index contributed by atoms with van der Waals surface area (Å²) in [7, 11) is 1.70. The summed E-state index contributed by atoms with van der Waals surface area (Å²) in [5.41, 5.74) is 1.29. The monoisotopic (exact) mass is 285 g/mol. The van der Waals surface area contributed by atoms with E-state index in [-0.39, 0.29) is 0 Å². The van der Waals surface area contributed by atoms with Crippen molar-refractivity contribution in [1.29, 1.82) is 0 Å². The van der Waals surface area contributed by atoms with Gasteiger partial charge in [-0.15, -0.1) is 0 Å². The molecule has 2 nitrogen and oxygen atoms in total. The van der Waals surface area contributed by atoms with Crippen LogP contribution < -0.4 is 10.1 Å². The second kappa shape index (κ2) is 6.92. The maximum atomic E-state index is 5.21. The minimum absolute atomic E-state index is 0.703. The molecule has 3 heteroatoms. The van der Waals surface area contributed by atoms with Crippen LogP contribution in [0.2, 0.25) is 0 Å². The smallest absolute Gasteiger partial charge is 0.119 e. The molecule has 0 radical (unpaired) electrons. The summed E-state index contributed by atoms with van der Waals surface area (Å²) in [6, 6.07) is 6.09. The van der Waals surface area contributed by atoms with E-state index in [0.29, 0.717) is 5.92 Å². The third-order valence-corrected chi connectivity index (χ3v) is 3.15. The average Bonchev–Trinajstić information content (AvgIpc) is 2.26. The Morgan fingerprint density at radius 2 is 2.12 bits per heavy atom. The Hall–Kier alpha value is -0.540. The normalized spacial score (nSPS) is 10.8. The lowest BCUT2D eigenvalue weighted by Gasteiger charge is -2.09. The molecule has 1 aromatic carbocycles. The van der Waals surface area contributed by atoms with Crippen LogP contribution in [0.25, 0.3) is 0 Å². The number of halogens is 1. The quantitative estimate of drug-likeness (QED) is 0.811. The molecule has 0 aliphatic heterocycles. The molecule has 0 aliphatic carbocycles. The van der Waals surface area contributed by atoms with E-state index in [2.05, 4.69) is 41.2 Å². The second-order valence-electron chi connectivity index (χ2n) is 4.31. The van der Waals surface area contributed by atoms with Crippen LogP contribution in [-0.2, 0) is 6.42 Å². The predicted molar refractivity (Wildman–Crippen MR) is 72.1 cm³/mol. The van der Waals surface area contributed by atoms with Crippen LogP contribution in [0.15, 0.2) is 22.7 Å². The van der Waals surface area contributed by atoms with Crippen molar-refractivity contribution in [3.05, 3.63) is 28.2 Å². The fourth-order valence-electron chi connectivity index (χ4n) is 1.48. The van der Waals surface area contributed by atoms with Gasteiger partial charge in [-0.3, -0.25) is 0 Å². The van der Waals surface area contributed by atoms with Crippen LogP contribution in [0.1, 0.15) is 19.4 Å². The van der Waals surface area contributed by atoms with Gasteiger partial charge in [-0.2, -0.15) is 0 Å². The number of benzene rings is 1. The second-order valence-corrected chi connectivity index (χ2v) is 5.16.